The van der Waals surface area contributed by atoms with Crippen LogP contribution in [0.25, 0.3) is 0 Å². The van der Waals surface area contributed by atoms with Crippen LogP contribution in [-0.4, -0.2) is 52.3 Å². The third kappa shape index (κ3) is 6.04. The first-order valence-corrected chi connectivity index (χ1v) is 9.88. The van der Waals surface area contributed by atoms with Crippen LogP contribution in [0.4, 0.5) is 0 Å². The second-order valence-corrected chi connectivity index (χ2v) is 8.01. The topological polar surface area (TPSA) is 77.0 Å². The molecule has 0 unspecified atom stereocenters. The summed E-state index contributed by atoms with van der Waals surface area (Å²) in [5.41, 5.74) is 0. The Labute approximate surface area is 128 Å². The van der Waals surface area contributed by atoms with Crippen molar-refractivity contribution in [3.05, 3.63) is 0 Å². The van der Waals surface area contributed by atoms with Gasteiger partial charge in [-0.15, -0.1) is 0 Å². The van der Waals surface area contributed by atoms with Crippen LogP contribution in [0, 0.1) is 5.92 Å². The molecule has 1 aliphatic heterocycles. The molecule has 0 saturated carbocycles. The largest absolute Gasteiger partial charge is 0.500 e. The monoisotopic (exact) mass is 319 g/mol. The highest BCUT2D eigenvalue weighted by atomic mass is 28.4. The van der Waals surface area contributed by atoms with Gasteiger partial charge in [0.15, 0.2) is 0 Å². The van der Waals surface area contributed by atoms with Crippen molar-refractivity contribution < 1.29 is 23.2 Å². The van der Waals surface area contributed by atoms with Crippen molar-refractivity contribution in [3.8, 4) is 0 Å². The Kier molecular flexibility index (Phi) is 8.43. The van der Waals surface area contributed by atoms with E-state index < -0.39 is 14.8 Å². The van der Waals surface area contributed by atoms with E-state index in [4.69, 9.17) is 18.4 Å². The average Bonchev–Trinajstić information content (AvgIpc) is 2.89. The van der Waals surface area contributed by atoms with Crippen molar-refractivity contribution in [1.82, 2.24) is 5.32 Å². The van der Waals surface area contributed by atoms with Gasteiger partial charge in [-0.1, -0.05) is 0 Å². The zero-order valence-corrected chi connectivity index (χ0v) is 14.4. The van der Waals surface area contributed by atoms with Gasteiger partial charge in [0.1, 0.15) is 6.04 Å². The molecule has 1 aliphatic rings. The molecule has 0 spiro atoms. The highest BCUT2D eigenvalue weighted by Crippen LogP contribution is 2.25. The third-order valence-electron chi connectivity index (χ3n) is 3.71. The Morgan fingerprint density at radius 2 is 1.76 bits per heavy atom. The van der Waals surface area contributed by atoms with Gasteiger partial charge in [-0.05, 0) is 52.5 Å². The van der Waals surface area contributed by atoms with Crippen LogP contribution in [0.1, 0.15) is 40.0 Å². The number of hydrogen-bond donors (Lipinski definition) is 2. The molecule has 0 aliphatic carbocycles. The van der Waals surface area contributed by atoms with E-state index >= 15 is 0 Å². The molecular weight excluding hydrogens is 290 g/mol. The minimum atomic E-state index is -2.54. The van der Waals surface area contributed by atoms with Crippen LogP contribution < -0.4 is 5.32 Å². The number of rotatable bonds is 11. The molecule has 124 valence electrons. The summed E-state index contributed by atoms with van der Waals surface area (Å²) in [6.07, 6.45) is 2.64. The van der Waals surface area contributed by atoms with Gasteiger partial charge >= 0.3 is 14.8 Å². The van der Waals surface area contributed by atoms with Crippen LogP contribution in [-0.2, 0) is 18.1 Å². The van der Waals surface area contributed by atoms with Gasteiger partial charge in [-0.2, -0.15) is 0 Å². The van der Waals surface area contributed by atoms with Crippen molar-refractivity contribution >= 4 is 14.8 Å². The van der Waals surface area contributed by atoms with E-state index in [0.29, 0.717) is 32.2 Å². The number of carboxylic acid groups (broad SMARTS) is 1. The summed E-state index contributed by atoms with van der Waals surface area (Å²) in [6, 6.07) is 0.416. The fourth-order valence-electron chi connectivity index (χ4n) is 2.83. The first kappa shape index (κ1) is 18.6. The molecule has 0 bridgehead atoms. The molecule has 21 heavy (non-hydrogen) atoms. The van der Waals surface area contributed by atoms with E-state index in [1.807, 2.05) is 20.8 Å². The normalized spacial score (nSPS) is 22.6. The van der Waals surface area contributed by atoms with Crippen molar-refractivity contribution in [2.75, 3.05) is 26.4 Å². The second-order valence-electron chi connectivity index (χ2n) is 5.28. The number of carbonyl (C=O) groups is 1. The Balaban J connectivity index is 2.40. The second kappa shape index (κ2) is 9.53. The molecule has 1 heterocycles. The molecule has 0 radical (unpaired) electrons. The molecule has 1 fully saturated rings. The molecule has 6 nitrogen and oxygen atoms in total. The Morgan fingerprint density at radius 1 is 1.19 bits per heavy atom. The van der Waals surface area contributed by atoms with E-state index in [9.17, 15) is 4.79 Å². The molecule has 0 amide bonds. The lowest BCUT2D eigenvalue weighted by Gasteiger charge is -2.28. The van der Waals surface area contributed by atoms with Gasteiger partial charge in [0.2, 0.25) is 0 Å². The Hall–Kier alpha value is -0.473. The molecule has 2 atom stereocenters. The van der Waals surface area contributed by atoms with Crippen LogP contribution in [0.15, 0.2) is 0 Å². The van der Waals surface area contributed by atoms with Gasteiger partial charge in [0, 0.05) is 25.9 Å². The van der Waals surface area contributed by atoms with Crippen molar-refractivity contribution in [1.29, 1.82) is 0 Å². The standard InChI is InChI=1S/C14H29NO5Si/c1-4-18-21(19-5-2,20-6-3)9-7-8-12-10-13(14(16)17)15-11-12/h12-13,15H,4-11H2,1-3H3,(H,16,17)/t12-,13+/m1/s1. The van der Waals surface area contributed by atoms with Crippen molar-refractivity contribution in [2.24, 2.45) is 5.92 Å². The predicted octanol–water partition coefficient (Wildman–Crippen LogP) is 1.88. The summed E-state index contributed by atoms with van der Waals surface area (Å²) in [7, 11) is -2.54. The smallest absolute Gasteiger partial charge is 0.480 e. The average molecular weight is 319 g/mol. The van der Waals surface area contributed by atoms with E-state index in [2.05, 4.69) is 5.32 Å². The van der Waals surface area contributed by atoms with Crippen molar-refractivity contribution in [2.45, 2.75) is 52.1 Å². The van der Waals surface area contributed by atoms with Crippen LogP contribution in [0.5, 0.6) is 0 Å². The summed E-state index contributed by atoms with van der Waals surface area (Å²) < 4.78 is 17.5. The molecule has 0 aromatic rings. The van der Waals surface area contributed by atoms with E-state index in [1.165, 1.54) is 0 Å². The highest BCUT2D eigenvalue weighted by molar-refractivity contribution is 6.60. The zero-order chi connectivity index (χ0) is 15.7. The minimum Gasteiger partial charge on any atom is -0.480 e. The Bertz CT molecular complexity index is 299. The van der Waals surface area contributed by atoms with Gasteiger partial charge in [0.25, 0.3) is 0 Å². The summed E-state index contributed by atoms with van der Waals surface area (Å²) in [6.45, 7) is 8.44. The maximum Gasteiger partial charge on any atom is 0.500 e. The lowest BCUT2D eigenvalue weighted by Crippen LogP contribution is -2.46. The SMILES string of the molecule is CCO[Si](CCC[C@H]1CN[C@H](C(=O)O)C1)(OCC)OCC. The van der Waals surface area contributed by atoms with E-state index in [-0.39, 0.29) is 6.04 Å². The lowest BCUT2D eigenvalue weighted by molar-refractivity contribution is -0.139. The van der Waals surface area contributed by atoms with Gasteiger partial charge in [-0.3, -0.25) is 4.79 Å². The summed E-state index contributed by atoms with van der Waals surface area (Å²) in [5, 5.41) is 12.0. The van der Waals surface area contributed by atoms with Crippen LogP contribution in [0.3, 0.4) is 0 Å². The highest BCUT2D eigenvalue weighted by Gasteiger charge is 2.40. The lowest BCUT2D eigenvalue weighted by atomic mass is 10.0. The molecular formula is C14H29NO5Si. The fraction of sp³-hybridized carbons (Fsp3) is 0.929. The Morgan fingerprint density at radius 3 is 2.19 bits per heavy atom. The van der Waals surface area contributed by atoms with Gasteiger partial charge in [0.05, 0.1) is 0 Å². The van der Waals surface area contributed by atoms with Crippen molar-refractivity contribution in [3.63, 3.8) is 0 Å². The number of hydrogen-bond acceptors (Lipinski definition) is 5. The molecule has 2 N–H and O–H groups in total. The summed E-state index contributed by atoms with van der Waals surface area (Å²) >= 11 is 0. The minimum absolute atomic E-state index is 0.386. The molecule has 0 aromatic heterocycles. The fourth-order valence-corrected chi connectivity index (χ4v) is 5.47. The van der Waals surface area contributed by atoms with Gasteiger partial charge in [-0.25, -0.2) is 0 Å². The van der Waals surface area contributed by atoms with Crippen LogP contribution in [0.2, 0.25) is 6.04 Å². The maximum atomic E-state index is 10.9. The zero-order valence-electron chi connectivity index (χ0n) is 13.4. The molecule has 0 aromatic carbocycles. The quantitative estimate of drug-likeness (QED) is 0.566. The van der Waals surface area contributed by atoms with E-state index in [1.54, 1.807) is 0 Å². The summed E-state index contributed by atoms with van der Waals surface area (Å²) in [4.78, 5) is 10.9. The first-order chi connectivity index (χ1) is 10.1. The molecule has 1 saturated heterocycles. The van der Waals surface area contributed by atoms with Gasteiger partial charge < -0.3 is 23.7 Å². The number of carboxylic acids is 1. The third-order valence-corrected chi connectivity index (χ3v) is 6.86. The molecule has 1 rings (SSSR count). The van der Waals surface area contributed by atoms with Crippen LogP contribution >= 0.6 is 0 Å². The van der Waals surface area contributed by atoms with E-state index in [0.717, 1.165) is 25.4 Å². The number of nitrogens with one attached hydrogen (secondary N) is 1. The number of aliphatic carboxylic acids is 1. The summed E-state index contributed by atoms with van der Waals surface area (Å²) in [5.74, 6) is -0.332. The molecule has 7 heteroatoms. The maximum absolute atomic E-state index is 10.9. The first-order valence-electron chi connectivity index (χ1n) is 7.94. The predicted molar refractivity (Wildman–Crippen MR) is 82.2 cm³/mol.